The maximum absolute atomic E-state index is 13.3. The van der Waals surface area contributed by atoms with Crippen LogP contribution in [0.3, 0.4) is 0 Å². The lowest BCUT2D eigenvalue weighted by atomic mass is 9.77. The van der Waals surface area contributed by atoms with E-state index in [9.17, 15) is 4.79 Å². The van der Waals surface area contributed by atoms with E-state index in [1.54, 1.807) is 6.20 Å². The molecule has 7 heterocycles. The molecule has 0 aromatic carbocycles. The molecule has 3 fully saturated rings. The van der Waals surface area contributed by atoms with Crippen LogP contribution in [-0.2, 0) is 9.47 Å². The van der Waals surface area contributed by atoms with Crippen molar-refractivity contribution in [3.05, 3.63) is 60.1 Å². The fourth-order valence-electron chi connectivity index (χ4n) is 5.47. The topological polar surface area (TPSA) is 107 Å². The third-order valence-corrected chi connectivity index (χ3v) is 7.57. The number of imidazole rings is 1. The third kappa shape index (κ3) is 4.06. The number of hydrogen-bond donors (Lipinski definition) is 1. The fourth-order valence-corrected chi connectivity index (χ4v) is 5.47. The molecule has 0 unspecified atom stereocenters. The number of nitrogens with zero attached hydrogens (tertiary/aromatic N) is 5. The number of aromatic nitrogens is 4. The Hall–Kier alpha value is -3.76. The van der Waals surface area contributed by atoms with Crippen LogP contribution in [0.5, 0.6) is 0 Å². The lowest BCUT2D eigenvalue weighted by Gasteiger charge is -2.56. The largest absolute Gasteiger partial charge is 0.444 e. The van der Waals surface area contributed by atoms with Crippen LogP contribution in [0.1, 0.15) is 40.6 Å². The molecule has 190 valence electrons. The summed E-state index contributed by atoms with van der Waals surface area (Å²) in [5.41, 5.74) is 5.70. The lowest BCUT2D eigenvalue weighted by Crippen LogP contribution is -2.66. The molecule has 1 spiro atoms. The maximum atomic E-state index is 13.3. The van der Waals surface area contributed by atoms with Crippen molar-refractivity contribution in [2.75, 3.05) is 49.7 Å². The number of ether oxygens (including phenoxy) is 2. The van der Waals surface area contributed by atoms with Gasteiger partial charge in [-0.05, 0) is 31.9 Å². The average molecular weight is 501 g/mol. The van der Waals surface area contributed by atoms with Crippen LogP contribution >= 0.6 is 0 Å². The highest BCUT2D eigenvalue weighted by Gasteiger charge is 2.49. The highest BCUT2D eigenvalue weighted by molar-refractivity contribution is 6.05. The molecule has 4 aromatic rings. The van der Waals surface area contributed by atoms with Crippen molar-refractivity contribution in [3.63, 3.8) is 0 Å². The van der Waals surface area contributed by atoms with E-state index in [2.05, 4.69) is 32.4 Å². The van der Waals surface area contributed by atoms with Gasteiger partial charge >= 0.3 is 0 Å². The summed E-state index contributed by atoms with van der Waals surface area (Å²) in [6, 6.07) is 5.75. The smallest absolute Gasteiger partial charge is 0.277 e. The molecule has 0 radical (unpaired) electrons. The number of carbonyl (C=O) groups excluding carboxylic acids is 1. The number of amides is 1. The molecule has 0 atom stereocenters. The van der Waals surface area contributed by atoms with Gasteiger partial charge in [0.25, 0.3) is 5.91 Å². The number of pyridine rings is 2. The number of nitrogens with one attached hydrogen (secondary N) is 1. The minimum atomic E-state index is -0.326. The number of oxazole rings is 1. The molecule has 1 amide bonds. The van der Waals surface area contributed by atoms with Crippen LogP contribution < -0.4 is 10.2 Å². The number of carbonyl (C=O) groups is 1. The van der Waals surface area contributed by atoms with Gasteiger partial charge in [0.1, 0.15) is 11.9 Å². The first-order valence-corrected chi connectivity index (χ1v) is 12.7. The zero-order chi connectivity index (χ0) is 25.0. The van der Waals surface area contributed by atoms with Crippen molar-refractivity contribution in [3.8, 4) is 11.5 Å². The van der Waals surface area contributed by atoms with E-state index < -0.39 is 0 Å². The van der Waals surface area contributed by atoms with E-state index in [-0.39, 0.29) is 17.0 Å². The number of hydrogen-bond acceptors (Lipinski definition) is 8. The number of rotatable bonds is 5. The third-order valence-electron chi connectivity index (χ3n) is 7.57. The number of aryl methyl sites for hydroxylation is 1. The summed E-state index contributed by atoms with van der Waals surface area (Å²) in [5, 5.41) is 3.08. The van der Waals surface area contributed by atoms with E-state index in [4.69, 9.17) is 18.9 Å². The van der Waals surface area contributed by atoms with Gasteiger partial charge in [-0.25, -0.2) is 9.97 Å². The maximum Gasteiger partial charge on any atom is 0.277 e. The molecule has 37 heavy (non-hydrogen) atoms. The summed E-state index contributed by atoms with van der Waals surface area (Å²) in [7, 11) is 0. The van der Waals surface area contributed by atoms with Gasteiger partial charge in [0, 0.05) is 68.1 Å². The zero-order valence-electron chi connectivity index (χ0n) is 20.6. The van der Waals surface area contributed by atoms with Crippen molar-refractivity contribution >= 4 is 22.9 Å². The van der Waals surface area contributed by atoms with Crippen LogP contribution in [0.2, 0.25) is 0 Å². The van der Waals surface area contributed by atoms with Gasteiger partial charge in [-0.3, -0.25) is 9.78 Å². The number of anilines is 2. The highest BCUT2D eigenvalue weighted by atomic mass is 16.5. The van der Waals surface area contributed by atoms with E-state index >= 15 is 0 Å². The van der Waals surface area contributed by atoms with Crippen molar-refractivity contribution < 1.29 is 18.7 Å². The summed E-state index contributed by atoms with van der Waals surface area (Å²) >= 11 is 0. The molecule has 10 heteroatoms. The normalized spacial score (nSPS) is 19.1. The predicted molar refractivity (Wildman–Crippen MR) is 136 cm³/mol. The second-order valence-electron chi connectivity index (χ2n) is 10.4. The molecule has 3 aliphatic rings. The molecule has 10 nitrogen and oxygen atoms in total. The Bertz CT molecular complexity index is 1480. The molecular formula is C27H28N6O4. The van der Waals surface area contributed by atoms with Crippen molar-refractivity contribution in [2.24, 2.45) is 5.41 Å². The highest BCUT2D eigenvalue weighted by Crippen LogP contribution is 2.43. The molecule has 0 saturated carbocycles. The monoisotopic (exact) mass is 500 g/mol. The predicted octanol–water partition coefficient (Wildman–Crippen LogP) is 3.68. The van der Waals surface area contributed by atoms with E-state index in [1.807, 2.05) is 29.7 Å². The molecule has 1 N–H and O–H groups in total. The summed E-state index contributed by atoms with van der Waals surface area (Å²) < 4.78 is 18.6. The Morgan fingerprint density at radius 3 is 2.70 bits per heavy atom. The Labute approximate surface area is 213 Å². The van der Waals surface area contributed by atoms with Gasteiger partial charge in [0.15, 0.2) is 5.69 Å². The van der Waals surface area contributed by atoms with Crippen LogP contribution in [0.15, 0.2) is 47.5 Å². The Kier molecular flexibility index (Phi) is 5.26. The first-order chi connectivity index (χ1) is 18.1. The molecule has 3 saturated heterocycles. The van der Waals surface area contributed by atoms with Crippen LogP contribution in [0, 0.1) is 12.3 Å². The van der Waals surface area contributed by atoms with Crippen molar-refractivity contribution in [1.82, 2.24) is 19.4 Å². The summed E-state index contributed by atoms with van der Waals surface area (Å²) in [6.45, 7) is 6.81. The van der Waals surface area contributed by atoms with Gasteiger partial charge in [-0.15, -0.1) is 0 Å². The van der Waals surface area contributed by atoms with Crippen molar-refractivity contribution in [2.45, 2.75) is 25.7 Å². The first-order valence-electron chi connectivity index (χ1n) is 12.7. The molecular weight excluding hydrogens is 472 g/mol. The minimum absolute atomic E-state index is 0.219. The first kappa shape index (κ1) is 22.4. The number of fused-ring (bicyclic) bond motifs is 1. The van der Waals surface area contributed by atoms with E-state index in [0.29, 0.717) is 17.5 Å². The molecule has 0 aliphatic carbocycles. The Morgan fingerprint density at radius 1 is 1.11 bits per heavy atom. The second-order valence-corrected chi connectivity index (χ2v) is 10.4. The Balaban J connectivity index is 1.19. The zero-order valence-corrected chi connectivity index (χ0v) is 20.6. The van der Waals surface area contributed by atoms with Gasteiger partial charge in [-0.2, -0.15) is 0 Å². The molecule has 0 bridgehead atoms. The van der Waals surface area contributed by atoms with Gasteiger partial charge in [0.05, 0.1) is 35.7 Å². The van der Waals surface area contributed by atoms with Gasteiger partial charge < -0.3 is 28.5 Å². The SMILES string of the molecule is Cc1cc(-c2nc(C(=O)Nc3cn4cc(C5CCOCC5)nc4cc3N3CC4(COC4)C3)co2)ccn1. The van der Waals surface area contributed by atoms with Gasteiger partial charge in [-0.1, -0.05) is 0 Å². The standard InChI is InChI=1S/C27H28N6O4/c1-17-8-19(2-5-28-17)26-31-22(12-37-26)25(34)30-21-11-32-10-20(18-3-6-35-7-4-18)29-24(32)9-23(21)33-13-27(14-33)15-36-16-27/h2,5,8-12,18H,3-4,6-7,13-16H2,1H3,(H,30,34). The van der Waals surface area contributed by atoms with Crippen molar-refractivity contribution in [1.29, 1.82) is 0 Å². The van der Waals surface area contributed by atoms with Crippen LogP contribution in [0.4, 0.5) is 11.4 Å². The second kappa shape index (κ2) is 8.67. The van der Waals surface area contributed by atoms with E-state index in [0.717, 1.165) is 80.6 Å². The molecule has 4 aromatic heterocycles. The summed E-state index contributed by atoms with van der Waals surface area (Å²) in [5.74, 6) is 0.449. The van der Waals surface area contributed by atoms with Gasteiger partial charge in [0.2, 0.25) is 5.89 Å². The minimum Gasteiger partial charge on any atom is -0.444 e. The fraction of sp³-hybridized carbons (Fsp3) is 0.407. The summed E-state index contributed by atoms with van der Waals surface area (Å²) in [4.78, 5) is 29.1. The molecule has 7 rings (SSSR count). The van der Waals surface area contributed by atoms with Crippen LogP contribution in [-0.4, -0.2) is 64.8 Å². The molecule has 3 aliphatic heterocycles. The van der Waals surface area contributed by atoms with Crippen LogP contribution in [0.25, 0.3) is 17.1 Å². The average Bonchev–Trinajstić information content (AvgIpc) is 3.50. The van der Waals surface area contributed by atoms with E-state index in [1.165, 1.54) is 6.26 Å². The lowest BCUT2D eigenvalue weighted by molar-refractivity contribution is -0.126. The Morgan fingerprint density at radius 2 is 1.95 bits per heavy atom. The quantitative estimate of drug-likeness (QED) is 0.442. The summed E-state index contributed by atoms with van der Waals surface area (Å²) in [6.07, 6.45) is 9.06.